The van der Waals surface area contributed by atoms with Crippen molar-refractivity contribution >= 4 is 0 Å². The van der Waals surface area contributed by atoms with Crippen molar-refractivity contribution in [2.75, 3.05) is 19.6 Å². The van der Waals surface area contributed by atoms with Gasteiger partial charge in [-0.1, -0.05) is 29.8 Å². The van der Waals surface area contributed by atoms with Crippen LogP contribution in [0, 0.1) is 6.92 Å². The Hall–Kier alpha value is -0.860. The second-order valence-corrected chi connectivity index (χ2v) is 5.16. The lowest BCUT2D eigenvalue weighted by Crippen LogP contribution is -2.36. The summed E-state index contributed by atoms with van der Waals surface area (Å²) in [4.78, 5) is 2.57. The molecule has 1 saturated heterocycles. The Morgan fingerprint density at radius 2 is 2.29 bits per heavy atom. The minimum atomic E-state index is 0.646. The SMILES string of the molecule is Cc1cccc(CCCN2CCCC2CN)c1. The van der Waals surface area contributed by atoms with Crippen molar-refractivity contribution in [3.8, 4) is 0 Å². The lowest BCUT2D eigenvalue weighted by atomic mass is 10.1. The molecule has 0 saturated carbocycles. The zero-order valence-corrected chi connectivity index (χ0v) is 10.9. The number of hydrogen-bond acceptors (Lipinski definition) is 2. The molecule has 1 heterocycles. The maximum atomic E-state index is 5.79. The van der Waals surface area contributed by atoms with Gasteiger partial charge < -0.3 is 5.73 Å². The number of benzene rings is 1. The molecule has 2 rings (SSSR count). The van der Waals surface area contributed by atoms with Gasteiger partial charge in [-0.3, -0.25) is 4.90 Å². The normalized spacial score (nSPS) is 20.9. The van der Waals surface area contributed by atoms with Gasteiger partial charge in [-0.05, 0) is 51.3 Å². The number of nitrogens with zero attached hydrogens (tertiary/aromatic N) is 1. The first kappa shape index (κ1) is 12.6. The van der Waals surface area contributed by atoms with Gasteiger partial charge >= 0.3 is 0 Å². The van der Waals surface area contributed by atoms with E-state index in [0.29, 0.717) is 6.04 Å². The summed E-state index contributed by atoms with van der Waals surface area (Å²) in [7, 11) is 0. The van der Waals surface area contributed by atoms with E-state index in [1.54, 1.807) is 0 Å². The third-order valence-corrected chi connectivity index (χ3v) is 3.76. The van der Waals surface area contributed by atoms with Crippen LogP contribution < -0.4 is 5.73 Å². The maximum absolute atomic E-state index is 5.79. The van der Waals surface area contributed by atoms with Gasteiger partial charge in [0.15, 0.2) is 0 Å². The lowest BCUT2D eigenvalue weighted by molar-refractivity contribution is 0.255. The van der Waals surface area contributed by atoms with Crippen LogP contribution in [0.2, 0.25) is 0 Å². The van der Waals surface area contributed by atoms with E-state index in [0.717, 1.165) is 6.54 Å². The maximum Gasteiger partial charge on any atom is 0.0218 e. The van der Waals surface area contributed by atoms with Crippen LogP contribution >= 0.6 is 0 Å². The zero-order valence-electron chi connectivity index (χ0n) is 10.9. The monoisotopic (exact) mass is 232 g/mol. The van der Waals surface area contributed by atoms with Crippen molar-refractivity contribution in [3.05, 3.63) is 35.4 Å². The van der Waals surface area contributed by atoms with E-state index in [1.165, 1.54) is 49.9 Å². The summed E-state index contributed by atoms with van der Waals surface area (Å²) < 4.78 is 0. The van der Waals surface area contributed by atoms with Crippen LogP contribution in [0.5, 0.6) is 0 Å². The van der Waals surface area contributed by atoms with Gasteiger partial charge in [0.25, 0.3) is 0 Å². The summed E-state index contributed by atoms with van der Waals surface area (Å²) in [5.41, 5.74) is 8.62. The van der Waals surface area contributed by atoms with Crippen molar-refractivity contribution in [1.29, 1.82) is 0 Å². The van der Waals surface area contributed by atoms with Crippen LogP contribution in [0.3, 0.4) is 0 Å². The van der Waals surface area contributed by atoms with Gasteiger partial charge in [-0.15, -0.1) is 0 Å². The van der Waals surface area contributed by atoms with E-state index in [9.17, 15) is 0 Å². The molecule has 1 aromatic carbocycles. The summed E-state index contributed by atoms with van der Waals surface area (Å²) in [6.07, 6.45) is 5.06. The largest absolute Gasteiger partial charge is 0.329 e. The van der Waals surface area contributed by atoms with E-state index in [1.807, 2.05) is 0 Å². The van der Waals surface area contributed by atoms with E-state index in [-0.39, 0.29) is 0 Å². The third kappa shape index (κ3) is 3.55. The number of hydrogen-bond donors (Lipinski definition) is 1. The average molecular weight is 232 g/mol. The highest BCUT2D eigenvalue weighted by molar-refractivity contribution is 5.22. The summed E-state index contributed by atoms with van der Waals surface area (Å²) >= 11 is 0. The molecular formula is C15H24N2. The molecule has 0 amide bonds. The topological polar surface area (TPSA) is 29.3 Å². The molecule has 1 aliphatic heterocycles. The van der Waals surface area contributed by atoms with Crippen molar-refractivity contribution < 1.29 is 0 Å². The fourth-order valence-corrected chi connectivity index (χ4v) is 2.81. The van der Waals surface area contributed by atoms with Crippen LogP contribution in [0.1, 0.15) is 30.4 Å². The molecule has 0 aromatic heterocycles. The van der Waals surface area contributed by atoms with E-state index >= 15 is 0 Å². The predicted octanol–water partition coefficient (Wildman–Crippen LogP) is 2.35. The highest BCUT2D eigenvalue weighted by Gasteiger charge is 2.21. The second-order valence-electron chi connectivity index (χ2n) is 5.16. The Bertz CT molecular complexity index is 349. The van der Waals surface area contributed by atoms with Crippen LogP contribution in [-0.2, 0) is 6.42 Å². The van der Waals surface area contributed by atoms with Gasteiger partial charge in [0, 0.05) is 12.6 Å². The molecule has 17 heavy (non-hydrogen) atoms. The van der Waals surface area contributed by atoms with E-state index in [4.69, 9.17) is 5.73 Å². The van der Waals surface area contributed by atoms with Crippen LogP contribution in [-0.4, -0.2) is 30.6 Å². The number of nitrogens with two attached hydrogens (primary N) is 1. The molecule has 0 bridgehead atoms. The Balaban J connectivity index is 1.76. The van der Waals surface area contributed by atoms with Gasteiger partial charge in [0.2, 0.25) is 0 Å². The van der Waals surface area contributed by atoms with Crippen molar-refractivity contribution in [3.63, 3.8) is 0 Å². The van der Waals surface area contributed by atoms with Gasteiger partial charge in [-0.2, -0.15) is 0 Å². The fourth-order valence-electron chi connectivity index (χ4n) is 2.81. The van der Waals surface area contributed by atoms with Gasteiger partial charge in [0.05, 0.1) is 0 Å². The first-order valence-electron chi connectivity index (χ1n) is 6.79. The number of rotatable bonds is 5. The molecule has 2 N–H and O–H groups in total. The Morgan fingerprint density at radius 1 is 1.41 bits per heavy atom. The van der Waals surface area contributed by atoms with Gasteiger partial charge in [-0.25, -0.2) is 0 Å². The smallest absolute Gasteiger partial charge is 0.0218 e. The molecule has 1 aliphatic rings. The molecule has 1 atom stereocenters. The Morgan fingerprint density at radius 3 is 3.06 bits per heavy atom. The molecule has 2 heteroatoms. The van der Waals surface area contributed by atoms with Gasteiger partial charge in [0.1, 0.15) is 0 Å². The quantitative estimate of drug-likeness (QED) is 0.844. The summed E-state index contributed by atoms with van der Waals surface area (Å²) in [6, 6.07) is 9.49. The molecule has 0 radical (unpaired) electrons. The molecule has 0 aliphatic carbocycles. The standard InChI is InChI=1S/C15H24N2/c1-13-5-2-6-14(11-13)7-3-9-17-10-4-8-15(17)12-16/h2,5-6,11,15H,3-4,7-10,12,16H2,1H3. The molecular weight excluding hydrogens is 208 g/mol. The van der Waals surface area contributed by atoms with Crippen molar-refractivity contribution in [1.82, 2.24) is 4.90 Å². The summed E-state index contributed by atoms with van der Waals surface area (Å²) in [6.45, 7) is 5.43. The first-order valence-corrected chi connectivity index (χ1v) is 6.79. The second kappa shape index (κ2) is 6.18. The molecule has 2 nitrogen and oxygen atoms in total. The average Bonchev–Trinajstić information content (AvgIpc) is 2.77. The third-order valence-electron chi connectivity index (χ3n) is 3.76. The minimum Gasteiger partial charge on any atom is -0.329 e. The molecule has 0 spiro atoms. The predicted molar refractivity (Wildman–Crippen MR) is 73.1 cm³/mol. The summed E-state index contributed by atoms with van der Waals surface area (Å²) in [5.74, 6) is 0. The highest BCUT2D eigenvalue weighted by atomic mass is 15.2. The molecule has 94 valence electrons. The Kier molecular flexibility index (Phi) is 4.57. The van der Waals surface area contributed by atoms with Crippen molar-refractivity contribution in [2.24, 2.45) is 5.73 Å². The fraction of sp³-hybridized carbons (Fsp3) is 0.600. The van der Waals surface area contributed by atoms with Crippen molar-refractivity contribution in [2.45, 2.75) is 38.6 Å². The summed E-state index contributed by atoms with van der Waals surface area (Å²) in [5, 5.41) is 0. The minimum absolute atomic E-state index is 0.646. The lowest BCUT2D eigenvalue weighted by Gasteiger charge is -2.22. The highest BCUT2D eigenvalue weighted by Crippen LogP contribution is 2.17. The van der Waals surface area contributed by atoms with E-state index < -0.39 is 0 Å². The molecule has 1 fully saturated rings. The number of aryl methyl sites for hydroxylation is 2. The van der Waals surface area contributed by atoms with Crippen LogP contribution in [0.25, 0.3) is 0 Å². The Labute approximate surface area is 105 Å². The van der Waals surface area contributed by atoms with Crippen LogP contribution in [0.15, 0.2) is 24.3 Å². The van der Waals surface area contributed by atoms with E-state index in [2.05, 4.69) is 36.1 Å². The van der Waals surface area contributed by atoms with Crippen LogP contribution in [0.4, 0.5) is 0 Å². The zero-order chi connectivity index (χ0) is 12.1. The molecule has 1 aromatic rings. The molecule has 1 unspecified atom stereocenters. The number of likely N-dealkylation sites (tertiary alicyclic amines) is 1. The first-order chi connectivity index (χ1) is 8.29.